The van der Waals surface area contributed by atoms with Gasteiger partial charge in [-0.05, 0) is 51.9 Å². The van der Waals surface area contributed by atoms with Crippen LogP contribution in [0, 0.1) is 6.92 Å². The fourth-order valence-electron chi connectivity index (χ4n) is 3.19. The van der Waals surface area contributed by atoms with Crippen LogP contribution >= 0.6 is 0 Å². The van der Waals surface area contributed by atoms with Gasteiger partial charge in [0.2, 0.25) is 0 Å². The molecular weight excluding hydrogens is 266 g/mol. The number of aryl methyl sites for hydroxylation is 1. The zero-order valence-electron chi connectivity index (χ0n) is 12.6. The van der Waals surface area contributed by atoms with E-state index in [9.17, 15) is 9.59 Å². The number of benzene rings is 1. The van der Waals surface area contributed by atoms with E-state index < -0.39 is 0 Å². The Labute approximate surface area is 123 Å². The van der Waals surface area contributed by atoms with Crippen molar-refractivity contribution in [2.45, 2.75) is 38.8 Å². The minimum atomic E-state index is -0.308. The molecule has 0 spiro atoms. The van der Waals surface area contributed by atoms with Crippen LogP contribution in [0.15, 0.2) is 27.8 Å². The number of hydrogen-bond acceptors (Lipinski definition) is 3. The second kappa shape index (κ2) is 5.48. The molecule has 0 saturated carbocycles. The molecule has 1 aliphatic heterocycles. The molecule has 1 saturated heterocycles. The van der Waals surface area contributed by atoms with Crippen molar-refractivity contribution in [1.82, 2.24) is 14.5 Å². The molecule has 0 bridgehead atoms. The van der Waals surface area contributed by atoms with E-state index in [1.165, 1.54) is 11.0 Å². The van der Waals surface area contributed by atoms with Crippen LogP contribution in [-0.2, 0) is 6.54 Å². The van der Waals surface area contributed by atoms with E-state index in [1.807, 2.05) is 19.1 Å². The molecule has 2 heterocycles. The third-order valence-corrected chi connectivity index (χ3v) is 4.49. The van der Waals surface area contributed by atoms with E-state index in [2.05, 4.69) is 16.9 Å². The Morgan fingerprint density at radius 3 is 2.86 bits per heavy atom. The maximum absolute atomic E-state index is 12.5. The van der Waals surface area contributed by atoms with Crippen molar-refractivity contribution < 1.29 is 0 Å². The average molecular weight is 287 g/mol. The molecule has 112 valence electrons. The number of aromatic nitrogens is 2. The minimum absolute atomic E-state index is 0.182. The van der Waals surface area contributed by atoms with Gasteiger partial charge in [-0.25, -0.2) is 4.79 Å². The van der Waals surface area contributed by atoms with E-state index in [1.54, 1.807) is 6.07 Å². The zero-order valence-corrected chi connectivity index (χ0v) is 12.6. The molecule has 1 fully saturated rings. The van der Waals surface area contributed by atoms with Crippen LogP contribution in [0.2, 0.25) is 0 Å². The first kappa shape index (κ1) is 14.1. The summed E-state index contributed by atoms with van der Waals surface area (Å²) in [5.41, 5.74) is 1.15. The Hall–Kier alpha value is -1.88. The van der Waals surface area contributed by atoms with Gasteiger partial charge in [0.1, 0.15) is 0 Å². The Balaban J connectivity index is 1.94. The number of hydrogen-bond donors (Lipinski definition) is 1. The summed E-state index contributed by atoms with van der Waals surface area (Å²) in [6.07, 6.45) is 3.19. The minimum Gasteiger partial charge on any atom is -0.307 e. The summed E-state index contributed by atoms with van der Waals surface area (Å²) < 4.78 is 1.34. The van der Waals surface area contributed by atoms with Crippen molar-refractivity contribution in [2.24, 2.45) is 0 Å². The van der Waals surface area contributed by atoms with Crippen LogP contribution in [0.5, 0.6) is 0 Å². The summed E-state index contributed by atoms with van der Waals surface area (Å²) in [5.74, 6) is 0. The van der Waals surface area contributed by atoms with Gasteiger partial charge in [-0.1, -0.05) is 11.6 Å². The Morgan fingerprint density at radius 1 is 1.33 bits per heavy atom. The van der Waals surface area contributed by atoms with Gasteiger partial charge in [-0.15, -0.1) is 0 Å². The first-order valence-electron chi connectivity index (χ1n) is 7.50. The molecule has 0 aliphatic carbocycles. The molecule has 1 atom stereocenters. The smallest absolute Gasteiger partial charge is 0.307 e. The fourth-order valence-corrected chi connectivity index (χ4v) is 3.19. The lowest BCUT2D eigenvalue weighted by molar-refractivity contribution is 0.284. The van der Waals surface area contributed by atoms with E-state index in [0.717, 1.165) is 24.9 Å². The van der Waals surface area contributed by atoms with Crippen molar-refractivity contribution in [2.75, 3.05) is 13.6 Å². The molecule has 1 aromatic carbocycles. The summed E-state index contributed by atoms with van der Waals surface area (Å²) in [4.78, 5) is 29.8. The number of nitrogens with one attached hydrogen (secondary N) is 1. The average Bonchev–Trinajstić information content (AvgIpc) is 2.85. The van der Waals surface area contributed by atoms with Crippen LogP contribution in [0.3, 0.4) is 0 Å². The predicted molar refractivity (Wildman–Crippen MR) is 83.8 cm³/mol. The highest BCUT2D eigenvalue weighted by molar-refractivity contribution is 5.77. The Morgan fingerprint density at radius 2 is 2.14 bits per heavy atom. The van der Waals surface area contributed by atoms with Gasteiger partial charge in [0.05, 0.1) is 10.9 Å². The molecule has 1 aliphatic rings. The Kier molecular flexibility index (Phi) is 3.68. The molecule has 0 amide bonds. The fraction of sp³-hybridized carbons (Fsp3) is 0.500. The molecule has 0 radical (unpaired) electrons. The quantitative estimate of drug-likeness (QED) is 0.930. The number of likely N-dealkylation sites (tertiary alicyclic amines) is 1. The second-order valence-corrected chi connectivity index (χ2v) is 6.00. The number of fused-ring (bicyclic) bond motifs is 1. The van der Waals surface area contributed by atoms with Gasteiger partial charge in [0.15, 0.2) is 0 Å². The van der Waals surface area contributed by atoms with E-state index >= 15 is 0 Å². The van der Waals surface area contributed by atoms with Crippen LogP contribution in [-0.4, -0.2) is 34.1 Å². The normalized spacial score (nSPS) is 19.4. The van der Waals surface area contributed by atoms with Gasteiger partial charge >= 0.3 is 5.69 Å². The van der Waals surface area contributed by atoms with E-state index in [4.69, 9.17) is 0 Å². The third-order valence-electron chi connectivity index (χ3n) is 4.49. The zero-order chi connectivity index (χ0) is 15.0. The maximum atomic E-state index is 12.5. The first-order valence-corrected chi connectivity index (χ1v) is 7.50. The van der Waals surface area contributed by atoms with Crippen molar-refractivity contribution in [3.63, 3.8) is 0 Å². The predicted octanol–water partition coefficient (Wildman–Crippen LogP) is 1.48. The number of H-pyrrole nitrogens is 1. The number of rotatable bonds is 3. The van der Waals surface area contributed by atoms with Crippen LogP contribution < -0.4 is 11.2 Å². The third kappa shape index (κ3) is 2.65. The van der Waals surface area contributed by atoms with Crippen LogP contribution in [0.4, 0.5) is 0 Å². The molecular formula is C16H21N3O2. The van der Waals surface area contributed by atoms with Gasteiger partial charge in [0.25, 0.3) is 5.56 Å². The monoisotopic (exact) mass is 287 g/mol. The molecule has 1 unspecified atom stereocenters. The van der Waals surface area contributed by atoms with Gasteiger partial charge in [0, 0.05) is 12.6 Å². The molecule has 3 rings (SSSR count). The Bertz CT molecular complexity index is 775. The lowest BCUT2D eigenvalue weighted by Crippen LogP contribution is -2.37. The standard InChI is InChI=1S/C16H21N3O2/c1-11-5-6-14-13(10-11)15(20)19(16(21)17-14)9-7-12-4-3-8-18(12)2/h5-6,10,12H,3-4,7-9H2,1-2H3,(H,17,21). The molecule has 5 heteroatoms. The highest BCUT2D eigenvalue weighted by Gasteiger charge is 2.21. The van der Waals surface area contributed by atoms with E-state index in [0.29, 0.717) is 23.5 Å². The molecule has 5 nitrogen and oxygen atoms in total. The van der Waals surface area contributed by atoms with Crippen molar-refractivity contribution in [3.8, 4) is 0 Å². The number of aromatic amines is 1. The second-order valence-electron chi connectivity index (χ2n) is 6.00. The maximum Gasteiger partial charge on any atom is 0.328 e. The molecule has 21 heavy (non-hydrogen) atoms. The molecule has 1 aromatic heterocycles. The van der Waals surface area contributed by atoms with Crippen molar-refractivity contribution >= 4 is 10.9 Å². The highest BCUT2D eigenvalue weighted by Crippen LogP contribution is 2.18. The van der Waals surface area contributed by atoms with Crippen molar-refractivity contribution in [3.05, 3.63) is 44.6 Å². The summed E-state index contributed by atoms with van der Waals surface area (Å²) in [5, 5.41) is 0.592. The topological polar surface area (TPSA) is 58.1 Å². The lowest BCUT2D eigenvalue weighted by atomic mass is 10.1. The largest absolute Gasteiger partial charge is 0.328 e. The SMILES string of the molecule is Cc1ccc2[nH]c(=O)n(CCC3CCCN3C)c(=O)c2c1. The van der Waals surface area contributed by atoms with Crippen LogP contribution in [0.1, 0.15) is 24.8 Å². The number of nitrogens with zero attached hydrogens (tertiary/aromatic N) is 2. The first-order chi connectivity index (χ1) is 10.1. The summed E-state index contributed by atoms with van der Waals surface area (Å²) in [6.45, 7) is 3.53. The molecule has 2 aromatic rings. The van der Waals surface area contributed by atoms with Gasteiger partial charge < -0.3 is 9.88 Å². The van der Waals surface area contributed by atoms with Crippen LogP contribution in [0.25, 0.3) is 10.9 Å². The van der Waals surface area contributed by atoms with Crippen molar-refractivity contribution in [1.29, 1.82) is 0 Å². The molecule has 1 N–H and O–H groups in total. The van der Waals surface area contributed by atoms with Gasteiger partial charge in [-0.3, -0.25) is 9.36 Å². The van der Waals surface area contributed by atoms with Gasteiger partial charge in [-0.2, -0.15) is 0 Å². The lowest BCUT2D eigenvalue weighted by Gasteiger charge is -2.19. The van der Waals surface area contributed by atoms with E-state index in [-0.39, 0.29) is 11.2 Å². The summed E-state index contributed by atoms with van der Waals surface area (Å²) in [7, 11) is 2.11. The summed E-state index contributed by atoms with van der Waals surface area (Å²) in [6, 6.07) is 6.01. The summed E-state index contributed by atoms with van der Waals surface area (Å²) >= 11 is 0. The highest BCUT2D eigenvalue weighted by atomic mass is 16.2.